The van der Waals surface area contributed by atoms with Crippen molar-refractivity contribution in [2.45, 2.75) is 89.1 Å². The first-order valence-electron chi connectivity index (χ1n) is 18.9. The van der Waals surface area contributed by atoms with Gasteiger partial charge in [0.15, 0.2) is 17.2 Å². The van der Waals surface area contributed by atoms with E-state index in [0.29, 0.717) is 36.8 Å². The Morgan fingerprint density at radius 3 is 1.96 bits per heavy atom. The lowest BCUT2D eigenvalue weighted by molar-refractivity contribution is -0.159. The highest BCUT2D eigenvalue weighted by molar-refractivity contribution is 7.00. The molecule has 8 nitrogen and oxygen atoms in total. The average Bonchev–Trinajstić information content (AvgIpc) is 3.17. The summed E-state index contributed by atoms with van der Waals surface area (Å²) in [4.78, 5) is 30.1. The Bertz CT molecular complexity index is 1550. The number of nitrogens with zero attached hydrogens (tertiary/aromatic N) is 1. The normalized spacial score (nSPS) is 17.6. The average molecular weight is 728 g/mol. The van der Waals surface area contributed by atoms with E-state index in [1.54, 1.807) is 25.2 Å². The highest BCUT2D eigenvalue weighted by atomic mass is 28.4. The number of carbonyl (C=O) groups excluding carboxylic acids is 2. The third-order valence-electron chi connectivity index (χ3n) is 10.7. The second kappa shape index (κ2) is 18.1. The van der Waals surface area contributed by atoms with Crippen molar-refractivity contribution in [3.8, 4) is 17.2 Å². The van der Waals surface area contributed by atoms with Crippen LogP contribution in [0.15, 0.2) is 85.5 Å². The van der Waals surface area contributed by atoms with Crippen LogP contribution in [-0.4, -0.2) is 71.7 Å². The SMILES string of the molecule is C=CCOCCOC(=O)[C@@H]1CCCCN1C(=O)[C@H](c1cc(OC)c(O[Si](c2ccccc2)(c2ccccc2)C(C)(C)C)c(OC)c1)C1CCCCC1. The van der Waals surface area contributed by atoms with Gasteiger partial charge in [-0.1, -0.05) is 107 Å². The van der Waals surface area contributed by atoms with Crippen molar-refractivity contribution in [2.24, 2.45) is 5.92 Å². The number of methoxy groups -OCH3 is 2. The first kappa shape index (κ1) is 39.1. The van der Waals surface area contributed by atoms with E-state index in [1.807, 2.05) is 24.3 Å². The summed E-state index contributed by atoms with van der Waals surface area (Å²) < 4.78 is 30.8. The molecule has 2 aliphatic rings. The van der Waals surface area contributed by atoms with E-state index >= 15 is 0 Å². The summed E-state index contributed by atoms with van der Waals surface area (Å²) in [6, 6.07) is 24.2. The van der Waals surface area contributed by atoms with Crippen LogP contribution in [0.2, 0.25) is 5.04 Å². The number of hydrogen-bond donors (Lipinski definition) is 0. The number of ether oxygens (including phenoxy) is 4. The molecule has 1 aliphatic carbocycles. The number of likely N-dealkylation sites (tertiary alicyclic amines) is 1. The number of carbonyl (C=O) groups is 2. The lowest BCUT2D eigenvalue weighted by atomic mass is 9.75. The molecule has 3 aromatic rings. The smallest absolute Gasteiger partial charge is 0.328 e. The number of amides is 1. The summed E-state index contributed by atoms with van der Waals surface area (Å²) in [6.45, 7) is 11.7. The fourth-order valence-electron chi connectivity index (χ4n) is 8.15. The van der Waals surface area contributed by atoms with E-state index in [-0.39, 0.29) is 36.0 Å². The molecule has 1 heterocycles. The van der Waals surface area contributed by atoms with Gasteiger partial charge in [-0.25, -0.2) is 4.79 Å². The zero-order chi connectivity index (χ0) is 37.1. The van der Waals surface area contributed by atoms with Crippen molar-refractivity contribution < 1.29 is 33.0 Å². The molecule has 5 rings (SSSR count). The molecule has 0 aromatic heterocycles. The molecule has 1 saturated heterocycles. The Kier molecular flexibility index (Phi) is 13.6. The Balaban J connectivity index is 1.57. The molecule has 0 spiro atoms. The third-order valence-corrected chi connectivity index (χ3v) is 15.6. The topological polar surface area (TPSA) is 83.5 Å². The van der Waals surface area contributed by atoms with Crippen LogP contribution in [0.25, 0.3) is 0 Å². The molecule has 2 atom stereocenters. The largest absolute Gasteiger partial charge is 0.529 e. The van der Waals surface area contributed by atoms with Crippen molar-refractivity contribution >= 4 is 30.6 Å². The van der Waals surface area contributed by atoms with Crippen LogP contribution in [0.1, 0.15) is 83.6 Å². The zero-order valence-electron chi connectivity index (χ0n) is 31.7. The molecule has 1 aliphatic heterocycles. The third kappa shape index (κ3) is 8.58. The van der Waals surface area contributed by atoms with Crippen LogP contribution in [-0.2, 0) is 19.1 Å². The lowest BCUT2D eigenvalue weighted by Gasteiger charge is -2.43. The maximum absolute atomic E-state index is 14.9. The van der Waals surface area contributed by atoms with Gasteiger partial charge < -0.3 is 28.3 Å². The summed E-state index contributed by atoms with van der Waals surface area (Å²) in [5, 5.41) is 1.97. The molecule has 1 amide bonds. The molecule has 0 bridgehead atoms. The Morgan fingerprint density at radius 2 is 1.42 bits per heavy atom. The first-order chi connectivity index (χ1) is 25.2. The van der Waals surface area contributed by atoms with Gasteiger partial charge in [-0.15, -0.1) is 6.58 Å². The van der Waals surface area contributed by atoms with E-state index in [9.17, 15) is 9.59 Å². The molecule has 0 unspecified atom stereocenters. The molecular weight excluding hydrogens is 671 g/mol. The van der Waals surface area contributed by atoms with Crippen LogP contribution in [0.3, 0.4) is 0 Å². The highest BCUT2D eigenvalue weighted by Gasteiger charge is 2.53. The molecule has 9 heteroatoms. The molecular formula is C43H57NO7Si. The van der Waals surface area contributed by atoms with E-state index < -0.39 is 20.3 Å². The Hall–Kier alpha value is -4.08. The number of esters is 1. The van der Waals surface area contributed by atoms with Gasteiger partial charge in [-0.3, -0.25) is 4.79 Å². The van der Waals surface area contributed by atoms with E-state index in [2.05, 4.69) is 75.9 Å². The van der Waals surface area contributed by atoms with Crippen molar-refractivity contribution in [1.29, 1.82) is 0 Å². The summed E-state index contributed by atoms with van der Waals surface area (Å²) in [7, 11) is 0.233. The van der Waals surface area contributed by atoms with Crippen molar-refractivity contribution in [1.82, 2.24) is 4.90 Å². The number of piperidine rings is 1. The van der Waals surface area contributed by atoms with E-state index in [0.717, 1.165) is 60.9 Å². The molecule has 52 heavy (non-hydrogen) atoms. The minimum atomic E-state index is -3.05. The van der Waals surface area contributed by atoms with Gasteiger partial charge in [0.05, 0.1) is 33.4 Å². The van der Waals surface area contributed by atoms with Gasteiger partial charge in [0.25, 0.3) is 0 Å². The monoisotopic (exact) mass is 727 g/mol. The van der Waals surface area contributed by atoms with Crippen LogP contribution in [0, 0.1) is 5.92 Å². The summed E-state index contributed by atoms with van der Waals surface area (Å²) in [6.07, 6.45) is 9.09. The second-order valence-electron chi connectivity index (χ2n) is 15.0. The quantitative estimate of drug-likeness (QED) is 0.0697. The van der Waals surface area contributed by atoms with Crippen molar-refractivity contribution in [2.75, 3.05) is 40.6 Å². The predicted octanol–water partition coefficient (Wildman–Crippen LogP) is 7.43. The van der Waals surface area contributed by atoms with Gasteiger partial charge in [-0.2, -0.15) is 0 Å². The van der Waals surface area contributed by atoms with Gasteiger partial charge >= 0.3 is 14.3 Å². The minimum absolute atomic E-state index is 0.0405. The zero-order valence-corrected chi connectivity index (χ0v) is 32.7. The van der Waals surface area contributed by atoms with Crippen molar-refractivity contribution in [3.63, 3.8) is 0 Å². The van der Waals surface area contributed by atoms with Gasteiger partial charge in [0, 0.05) is 6.54 Å². The molecule has 280 valence electrons. The molecule has 0 radical (unpaired) electrons. The fraction of sp³-hybridized carbons (Fsp3) is 0.488. The lowest BCUT2D eigenvalue weighted by Crippen LogP contribution is -2.68. The molecule has 2 fully saturated rings. The van der Waals surface area contributed by atoms with E-state index in [1.165, 1.54) is 0 Å². The number of benzene rings is 3. The Labute approximate surface area is 311 Å². The van der Waals surface area contributed by atoms with Crippen LogP contribution < -0.4 is 24.3 Å². The minimum Gasteiger partial charge on any atom is -0.529 e. The molecule has 0 N–H and O–H groups in total. The van der Waals surface area contributed by atoms with Crippen LogP contribution in [0.4, 0.5) is 0 Å². The first-order valence-corrected chi connectivity index (χ1v) is 20.8. The Morgan fingerprint density at radius 1 is 0.846 bits per heavy atom. The van der Waals surface area contributed by atoms with Gasteiger partial charge in [0.2, 0.25) is 5.91 Å². The summed E-state index contributed by atoms with van der Waals surface area (Å²) >= 11 is 0. The van der Waals surface area contributed by atoms with Crippen LogP contribution in [0.5, 0.6) is 17.2 Å². The molecule has 1 saturated carbocycles. The van der Waals surface area contributed by atoms with E-state index in [4.69, 9.17) is 23.4 Å². The highest BCUT2D eigenvalue weighted by Crippen LogP contribution is 2.48. The number of hydrogen-bond acceptors (Lipinski definition) is 7. The summed E-state index contributed by atoms with van der Waals surface area (Å²) in [5.74, 6) is 0.786. The maximum Gasteiger partial charge on any atom is 0.328 e. The van der Waals surface area contributed by atoms with Crippen molar-refractivity contribution in [3.05, 3.63) is 91.0 Å². The summed E-state index contributed by atoms with van der Waals surface area (Å²) in [5.41, 5.74) is 0.816. The fourth-order valence-corrected chi connectivity index (χ4v) is 12.6. The van der Waals surface area contributed by atoms with Crippen LogP contribution >= 0.6 is 0 Å². The maximum atomic E-state index is 14.9. The second-order valence-corrected chi connectivity index (χ2v) is 19.2. The standard InChI is InChI=1S/C43H57NO7Si/c1-7-27-49-28-29-50-42(46)36-25-17-18-26-44(36)41(45)39(32-19-11-8-12-20-32)33-30-37(47-5)40(38(31-33)48-6)51-52(43(2,3)4,34-21-13-9-14-22-34)35-23-15-10-16-24-35/h7,9-10,13-16,21-24,30-32,36,39H,1,8,11-12,17-20,25-29H2,2-6H3/t36-,39-/m0/s1. The van der Waals surface area contributed by atoms with Gasteiger partial charge in [-0.05, 0) is 71.1 Å². The van der Waals surface area contributed by atoms with Gasteiger partial charge in [0.1, 0.15) is 12.6 Å². The molecule has 3 aromatic carbocycles. The number of rotatable bonds is 15. The predicted molar refractivity (Wildman–Crippen MR) is 208 cm³/mol.